The topological polar surface area (TPSA) is 0 Å². The van der Waals surface area contributed by atoms with Crippen LogP contribution in [0.3, 0.4) is 0 Å². The van der Waals surface area contributed by atoms with Gasteiger partial charge in [-0.05, 0) is 42.9 Å². The summed E-state index contributed by atoms with van der Waals surface area (Å²) in [4.78, 5) is 0. The molecule has 0 spiro atoms. The summed E-state index contributed by atoms with van der Waals surface area (Å²) in [5, 5.41) is 0.538. The molecular formula is C14H25B. The molecule has 2 aliphatic carbocycles. The van der Waals surface area contributed by atoms with Gasteiger partial charge in [0.05, 0.1) is 0 Å². The molecule has 0 heterocycles. The summed E-state index contributed by atoms with van der Waals surface area (Å²) in [5.41, 5.74) is 2.32. The molecule has 0 aromatic carbocycles. The molecule has 2 aliphatic rings. The van der Waals surface area contributed by atoms with E-state index in [2.05, 4.69) is 41.6 Å². The van der Waals surface area contributed by atoms with E-state index in [0.29, 0.717) is 10.7 Å². The first-order valence-corrected chi connectivity index (χ1v) is 6.52. The van der Waals surface area contributed by atoms with Crippen molar-refractivity contribution in [2.24, 2.45) is 17.3 Å². The van der Waals surface area contributed by atoms with E-state index < -0.39 is 0 Å². The third kappa shape index (κ3) is 1.90. The Bertz CT molecular complexity index is 286. The first-order valence-electron chi connectivity index (χ1n) is 6.52. The van der Waals surface area contributed by atoms with Crippen molar-refractivity contribution in [1.82, 2.24) is 0 Å². The Morgan fingerprint density at radius 2 is 2.00 bits per heavy atom. The van der Waals surface area contributed by atoms with Gasteiger partial charge in [0.15, 0.2) is 0 Å². The second kappa shape index (κ2) is 3.40. The highest BCUT2D eigenvalue weighted by atomic mass is 14.5. The molecule has 1 heteroatoms. The first-order chi connectivity index (χ1) is 6.83. The van der Waals surface area contributed by atoms with E-state index in [1.54, 1.807) is 5.57 Å². The van der Waals surface area contributed by atoms with Crippen LogP contribution in [0.15, 0.2) is 11.6 Å². The molecule has 0 aromatic rings. The normalized spacial score (nSPS) is 44.4. The van der Waals surface area contributed by atoms with Gasteiger partial charge in [0.2, 0.25) is 0 Å². The van der Waals surface area contributed by atoms with Crippen LogP contribution in [0.5, 0.6) is 0 Å². The summed E-state index contributed by atoms with van der Waals surface area (Å²) in [6, 6.07) is 0. The average Bonchev–Trinajstić information content (AvgIpc) is 2.08. The van der Waals surface area contributed by atoms with Crippen LogP contribution in [0, 0.1) is 17.3 Å². The van der Waals surface area contributed by atoms with Gasteiger partial charge in [-0.1, -0.05) is 44.7 Å². The molecule has 0 nitrogen and oxygen atoms in total. The largest absolute Gasteiger partial charge is 0.109 e. The van der Waals surface area contributed by atoms with Crippen LogP contribution in [-0.2, 0) is 0 Å². The Labute approximate surface area is 95.9 Å². The van der Waals surface area contributed by atoms with E-state index >= 15 is 0 Å². The molecule has 3 unspecified atom stereocenters. The van der Waals surface area contributed by atoms with E-state index in [4.69, 9.17) is 0 Å². The van der Waals surface area contributed by atoms with Gasteiger partial charge in [0, 0.05) is 0 Å². The number of fused-ring (bicyclic) bond motifs is 1. The Morgan fingerprint density at radius 3 is 2.67 bits per heavy atom. The van der Waals surface area contributed by atoms with Crippen molar-refractivity contribution >= 4 is 7.85 Å². The highest BCUT2D eigenvalue weighted by Gasteiger charge is 2.43. The van der Waals surface area contributed by atoms with Gasteiger partial charge in [-0.15, -0.1) is 0 Å². The number of rotatable bonds is 0. The van der Waals surface area contributed by atoms with Crippen molar-refractivity contribution < 1.29 is 0 Å². The van der Waals surface area contributed by atoms with Gasteiger partial charge in [-0.25, -0.2) is 0 Å². The molecule has 0 bridgehead atoms. The van der Waals surface area contributed by atoms with Crippen LogP contribution in [0.1, 0.15) is 53.4 Å². The lowest BCUT2D eigenvalue weighted by molar-refractivity contribution is 0.140. The minimum Gasteiger partial charge on any atom is -0.0850 e. The molecule has 3 atom stereocenters. The fourth-order valence-corrected chi connectivity index (χ4v) is 3.44. The first kappa shape index (κ1) is 11.3. The number of hydrogen-bond acceptors (Lipinski definition) is 0. The molecule has 0 amide bonds. The van der Waals surface area contributed by atoms with Crippen LogP contribution in [0.4, 0.5) is 0 Å². The van der Waals surface area contributed by atoms with Gasteiger partial charge in [-0.3, -0.25) is 0 Å². The van der Waals surface area contributed by atoms with E-state index in [1.165, 1.54) is 25.7 Å². The third-order valence-electron chi connectivity index (χ3n) is 5.19. The van der Waals surface area contributed by atoms with Crippen LogP contribution in [0.2, 0.25) is 5.31 Å². The molecule has 0 radical (unpaired) electrons. The standard InChI is InChI=1S/C14H25B/c1-10-8-11-6-5-7-13(2,3)12(11)9-14(10,4)15/h6,10,12H,5,7-9,15H2,1-4H3. The monoisotopic (exact) mass is 204 g/mol. The van der Waals surface area contributed by atoms with E-state index in [1.807, 2.05) is 0 Å². The molecule has 0 saturated heterocycles. The van der Waals surface area contributed by atoms with Crippen molar-refractivity contribution in [3.63, 3.8) is 0 Å². The zero-order chi connectivity index (χ0) is 11.3. The lowest BCUT2D eigenvalue weighted by Crippen LogP contribution is -2.38. The minimum atomic E-state index is 0.538. The SMILES string of the molecule is BC1(C)CC2C(=CCCC2(C)C)CC1C. The molecule has 15 heavy (non-hydrogen) atoms. The van der Waals surface area contributed by atoms with Gasteiger partial charge >= 0.3 is 0 Å². The molecule has 2 rings (SSSR count). The Kier molecular flexibility index (Phi) is 2.56. The zero-order valence-corrected chi connectivity index (χ0v) is 11.1. The smallest absolute Gasteiger partial charge is 0.0850 e. The fraction of sp³-hybridized carbons (Fsp3) is 0.857. The van der Waals surface area contributed by atoms with Gasteiger partial charge in [0.25, 0.3) is 0 Å². The van der Waals surface area contributed by atoms with Crippen molar-refractivity contribution in [3.05, 3.63) is 11.6 Å². The van der Waals surface area contributed by atoms with E-state index in [-0.39, 0.29) is 0 Å². The van der Waals surface area contributed by atoms with Crippen molar-refractivity contribution in [3.8, 4) is 0 Å². The van der Waals surface area contributed by atoms with Gasteiger partial charge in [0.1, 0.15) is 7.85 Å². The van der Waals surface area contributed by atoms with Crippen LogP contribution in [0.25, 0.3) is 0 Å². The Balaban J connectivity index is 2.28. The predicted octanol–water partition coefficient (Wildman–Crippen LogP) is 3.59. The summed E-state index contributed by atoms with van der Waals surface area (Å²) >= 11 is 0. The molecule has 0 aliphatic heterocycles. The predicted molar refractivity (Wildman–Crippen MR) is 69.9 cm³/mol. The molecule has 0 aromatic heterocycles. The number of hydrogen-bond donors (Lipinski definition) is 0. The summed E-state index contributed by atoms with van der Waals surface area (Å²) < 4.78 is 0. The summed E-state index contributed by atoms with van der Waals surface area (Å²) in [6.45, 7) is 9.82. The second-order valence-electron chi connectivity index (χ2n) is 7.16. The third-order valence-corrected chi connectivity index (χ3v) is 5.19. The van der Waals surface area contributed by atoms with Crippen molar-refractivity contribution in [1.29, 1.82) is 0 Å². The molecule has 84 valence electrons. The summed E-state index contributed by atoms with van der Waals surface area (Å²) in [5.74, 6) is 1.71. The van der Waals surface area contributed by atoms with E-state index in [9.17, 15) is 0 Å². The van der Waals surface area contributed by atoms with Crippen molar-refractivity contribution in [2.45, 2.75) is 58.7 Å². The van der Waals surface area contributed by atoms with Gasteiger partial charge in [-0.2, -0.15) is 0 Å². The van der Waals surface area contributed by atoms with E-state index in [0.717, 1.165) is 11.8 Å². The molecule has 1 fully saturated rings. The van der Waals surface area contributed by atoms with Crippen LogP contribution in [-0.4, -0.2) is 7.85 Å². The Hall–Kier alpha value is -0.195. The molecule has 1 saturated carbocycles. The number of allylic oxidation sites excluding steroid dienone is 2. The maximum absolute atomic E-state index is 2.54. The average molecular weight is 204 g/mol. The van der Waals surface area contributed by atoms with Crippen LogP contribution < -0.4 is 0 Å². The Morgan fingerprint density at radius 1 is 1.33 bits per heavy atom. The highest BCUT2D eigenvalue weighted by Crippen LogP contribution is 2.56. The fourth-order valence-electron chi connectivity index (χ4n) is 3.44. The zero-order valence-electron chi connectivity index (χ0n) is 11.1. The minimum absolute atomic E-state index is 0.538. The molecular weight excluding hydrogens is 179 g/mol. The maximum atomic E-state index is 2.54. The quantitative estimate of drug-likeness (QED) is 0.418. The lowest BCUT2D eigenvalue weighted by Gasteiger charge is -2.50. The maximum Gasteiger partial charge on any atom is 0.109 e. The van der Waals surface area contributed by atoms with Crippen molar-refractivity contribution in [2.75, 3.05) is 0 Å². The summed E-state index contributed by atoms with van der Waals surface area (Å²) in [6.07, 6.45) is 7.98. The molecule has 0 N–H and O–H groups in total. The highest BCUT2D eigenvalue weighted by molar-refractivity contribution is 6.15. The van der Waals surface area contributed by atoms with Crippen LogP contribution >= 0.6 is 0 Å². The lowest BCUT2D eigenvalue weighted by atomic mass is 9.48. The van der Waals surface area contributed by atoms with Gasteiger partial charge < -0.3 is 0 Å². The summed E-state index contributed by atoms with van der Waals surface area (Å²) in [7, 11) is 2.46. The second-order valence-corrected chi connectivity index (χ2v) is 7.16.